The van der Waals surface area contributed by atoms with Gasteiger partial charge in [-0.1, -0.05) is 6.92 Å². The first-order chi connectivity index (χ1) is 7.69. The summed E-state index contributed by atoms with van der Waals surface area (Å²) in [6, 6.07) is 2.60. The van der Waals surface area contributed by atoms with Crippen molar-refractivity contribution in [3.8, 4) is 0 Å². The number of amides is 1. The van der Waals surface area contributed by atoms with Gasteiger partial charge >= 0.3 is 0 Å². The minimum absolute atomic E-state index is 0.0616. The van der Waals surface area contributed by atoms with E-state index in [1.54, 1.807) is 17.0 Å². The van der Waals surface area contributed by atoms with Crippen molar-refractivity contribution < 1.29 is 4.79 Å². The molecule has 0 spiro atoms. The quantitative estimate of drug-likeness (QED) is 0.730. The van der Waals surface area contributed by atoms with Gasteiger partial charge in [-0.05, 0) is 6.42 Å². The molecule has 1 aromatic rings. The van der Waals surface area contributed by atoms with Gasteiger partial charge in [-0.3, -0.25) is 9.59 Å². The highest BCUT2D eigenvalue weighted by Crippen LogP contribution is 2.09. The third-order valence-electron chi connectivity index (χ3n) is 2.31. The van der Waals surface area contributed by atoms with E-state index < -0.39 is 0 Å². The molecular formula is C11H17N3O2. The van der Waals surface area contributed by atoms with Gasteiger partial charge in [-0.25, -0.2) is 0 Å². The lowest BCUT2D eigenvalue weighted by molar-refractivity contribution is -0.124. The minimum atomic E-state index is -0.285. The van der Waals surface area contributed by atoms with E-state index in [1.165, 1.54) is 12.1 Å². The van der Waals surface area contributed by atoms with Crippen molar-refractivity contribution in [3.63, 3.8) is 0 Å². The van der Waals surface area contributed by atoms with Gasteiger partial charge in [0.15, 0.2) is 5.43 Å². The van der Waals surface area contributed by atoms with E-state index in [0.717, 1.165) is 0 Å². The lowest BCUT2D eigenvalue weighted by Crippen LogP contribution is -2.35. The van der Waals surface area contributed by atoms with Crippen LogP contribution in [0.15, 0.2) is 29.3 Å². The predicted molar refractivity (Wildman–Crippen MR) is 62.1 cm³/mol. The Bertz CT molecular complexity index is 380. The van der Waals surface area contributed by atoms with E-state index in [1.807, 2.05) is 6.92 Å². The molecule has 88 valence electrons. The van der Waals surface area contributed by atoms with Crippen LogP contribution < -0.4 is 16.5 Å². The van der Waals surface area contributed by atoms with Gasteiger partial charge in [-0.15, -0.1) is 0 Å². The Labute approximate surface area is 94.3 Å². The van der Waals surface area contributed by atoms with Crippen LogP contribution in [0.4, 0.5) is 0 Å². The van der Waals surface area contributed by atoms with Crippen LogP contribution in [0.1, 0.15) is 19.4 Å². The van der Waals surface area contributed by atoms with Crippen molar-refractivity contribution in [2.24, 2.45) is 5.73 Å². The molecule has 0 aromatic carbocycles. The van der Waals surface area contributed by atoms with Gasteiger partial charge in [0.1, 0.15) is 6.04 Å². The largest absolute Gasteiger partial charge is 0.353 e. The molecule has 3 N–H and O–H groups in total. The van der Waals surface area contributed by atoms with E-state index in [9.17, 15) is 9.59 Å². The van der Waals surface area contributed by atoms with Gasteiger partial charge in [0.25, 0.3) is 0 Å². The van der Waals surface area contributed by atoms with Crippen molar-refractivity contribution in [1.82, 2.24) is 9.88 Å². The monoisotopic (exact) mass is 223 g/mol. The first-order valence-corrected chi connectivity index (χ1v) is 5.34. The molecule has 1 atom stereocenters. The van der Waals surface area contributed by atoms with Crippen molar-refractivity contribution in [2.75, 3.05) is 13.1 Å². The Morgan fingerprint density at radius 1 is 1.50 bits per heavy atom. The number of carbonyl (C=O) groups is 1. The van der Waals surface area contributed by atoms with Gasteiger partial charge in [0.05, 0.1) is 0 Å². The normalized spacial score (nSPS) is 12.1. The van der Waals surface area contributed by atoms with Gasteiger partial charge in [-0.2, -0.15) is 0 Å². The molecule has 1 heterocycles. The number of nitrogens with one attached hydrogen (secondary N) is 1. The zero-order valence-electron chi connectivity index (χ0n) is 9.35. The molecule has 0 aliphatic rings. The van der Waals surface area contributed by atoms with Crippen molar-refractivity contribution in [2.45, 2.75) is 19.4 Å². The highest BCUT2D eigenvalue weighted by Gasteiger charge is 2.16. The first-order valence-electron chi connectivity index (χ1n) is 5.34. The van der Waals surface area contributed by atoms with Crippen molar-refractivity contribution in [1.29, 1.82) is 0 Å². The maximum absolute atomic E-state index is 11.8. The second-order valence-corrected chi connectivity index (χ2v) is 3.48. The summed E-state index contributed by atoms with van der Waals surface area (Å²) in [7, 11) is 0. The number of aromatic nitrogens is 1. The molecule has 1 unspecified atom stereocenters. The molecule has 0 fully saturated rings. The van der Waals surface area contributed by atoms with E-state index in [-0.39, 0.29) is 17.4 Å². The maximum atomic E-state index is 11.8. The predicted octanol–water partition coefficient (Wildman–Crippen LogP) is -0.126. The molecule has 0 aliphatic carbocycles. The molecule has 0 bridgehead atoms. The molecule has 5 nitrogen and oxygen atoms in total. The van der Waals surface area contributed by atoms with Gasteiger partial charge in [0, 0.05) is 37.6 Å². The highest BCUT2D eigenvalue weighted by atomic mass is 16.2. The Morgan fingerprint density at radius 2 is 2.12 bits per heavy atom. The molecule has 0 saturated carbocycles. The Hall–Kier alpha value is -1.62. The van der Waals surface area contributed by atoms with Crippen LogP contribution in [0.25, 0.3) is 0 Å². The summed E-state index contributed by atoms with van der Waals surface area (Å²) in [6.07, 6.45) is 3.91. The zero-order valence-corrected chi connectivity index (χ0v) is 9.35. The van der Waals surface area contributed by atoms with E-state index in [2.05, 4.69) is 5.32 Å². The number of hydrogen-bond acceptors (Lipinski definition) is 3. The van der Waals surface area contributed by atoms with Crippen LogP contribution in [0.2, 0.25) is 0 Å². The number of rotatable bonds is 5. The fourth-order valence-electron chi connectivity index (χ4n) is 1.48. The fourth-order valence-corrected chi connectivity index (χ4v) is 1.48. The lowest BCUT2D eigenvalue weighted by atomic mass is 10.2. The van der Waals surface area contributed by atoms with Crippen LogP contribution in [-0.4, -0.2) is 23.6 Å². The Morgan fingerprint density at radius 3 is 2.62 bits per heavy atom. The summed E-state index contributed by atoms with van der Waals surface area (Å²) in [5, 5.41) is 2.73. The number of carbonyl (C=O) groups excluding carboxylic acids is 1. The second-order valence-electron chi connectivity index (χ2n) is 3.48. The third kappa shape index (κ3) is 3.20. The molecule has 0 radical (unpaired) electrons. The summed E-state index contributed by atoms with van der Waals surface area (Å²) >= 11 is 0. The summed E-state index contributed by atoms with van der Waals surface area (Å²) in [5.41, 5.74) is 5.25. The number of nitrogens with two attached hydrogens (primary N) is 1. The smallest absolute Gasteiger partial charge is 0.243 e. The summed E-state index contributed by atoms with van der Waals surface area (Å²) in [5.74, 6) is -0.0726. The summed E-state index contributed by atoms with van der Waals surface area (Å²) < 4.78 is 1.73. The summed E-state index contributed by atoms with van der Waals surface area (Å²) in [4.78, 5) is 22.7. The van der Waals surface area contributed by atoms with Crippen molar-refractivity contribution >= 4 is 5.91 Å². The summed E-state index contributed by atoms with van der Waals surface area (Å²) in [6.45, 7) is 2.81. The number of hydrogen-bond donors (Lipinski definition) is 2. The average Bonchev–Trinajstić information content (AvgIpc) is 2.30. The van der Waals surface area contributed by atoms with Crippen LogP contribution in [-0.2, 0) is 4.79 Å². The molecule has 0 saturated heterocycles. The molecule has 1 rings (SSSR count). The number of pyridine rings is 1. The topological polar surface area (TPSA) is 77.1 Å². The zero-order chi connectivity index (χ0) is 12.0. The Balaban J connectivity index is 2.77. The van der Waals surface area contributed by atoms with Crippen LogP contribution in [0, 0.1) is 0 Å². The maximum Gasteiger partial charge on any atom is 0.243 e. The number of nitrogens with zero attached hydrogens (tertiary/aromatic N) is 1. The van der Waals surface area contributed by atoms with Gasteiger partial charge in [0.2, 0.25) is 5.91 Å². The standard InChI is InChI=1S/C11H17N3O2/c1-2-10(11(16)13-6-5-12)14-7-3-9(15)4-8-14/h3-4,7-8,10H,2,5-6,12H2,1H3,(H,13,16). The van der Waals surface area contributed by atoms with Crippen LogP contribution in [0.3, 0.4) is 0 Å². The molecule has 5 heteroatoms. The van der Waals surface area contributed by atoms with E-state index >= 15 is 0 Å². The molecule has 1 aromatic heterocycles. The first kappa shape index (κ1) is 12.4. The molecular weight excluding hydrogens is 206 g/mol. The highest BCUT2D eigenvalue weighted by molar-refractivity contribution is 5.80. The fraction of sp³-hybridized carbons (Fsp3) is 0.455. The molecule has 16 heavy (non-hydrogen) atoms. The molecule has 0 aliphatic heterocycles. The van der Waals surface area contributed by atoms with E-state index in [4.69, 9.17) is 5.73 Å². The molecule has 1 amide bonds. The van der Waals surface area contributed by atoms with E-state index in [0.29, 0.717) is 19.5 Å². The lowest BCUT2D eigenvalue weighted by Gasteiger charge is -2.17. The van der Waals surface area contributed by atoms with Crippen LogP contribution in [0.5, 0.6) is 0 Å². The minimum Gasteiger partial charge on any atom is -0.353 e. The average molecular weight is 223 g/mol. The van der Waals surface area contributed by atoms with Crippen LogP contribution >= 0.6 is 0 Å². The van der Waals surface area contributed by atoms with Crippen molar-refractivity contribution in [3.05, 3.63) is 34.7 Å². The van der Waals surface area contributed by atoms with Gasteiger partial charge < -0.3 is 15.6 Å². The Kier molecular flexibility index (Phi) is 4.72. The third-order valence-corrected chi connectivity index (χ3v) is 2.31. The SMILES string of the molecule is CCC(C(=O)NCCN)n1ccc(=O)cc1. The second kappa shape index (κ2) is 6.07.